The Morgan fingerprint density at radius 1 is 1.38 bits per heavy atom. The molecule has 0 amide bonds. The van der Waals surface area contributed by atoms with Crippen LogP contribution < -0.4 is 20.1 Å². The van der Waals surface area contributed by atoms with Crippen LogP contribution in [0.15, 0.2) is 23.2 Å². The van der Waals surface area contributed by atoms with Crippen molar-refractivity contribution >= 4 is 17.7 Å². The number of ether oxygens (including phenoxy) is 2. The zero-order valence-corrected chi connectivity index (χ0v) is 16.2. The van der Waals surface area contributed by atoms with Gasteiger partial charge in [-0.25, -0.2) is 0 Å². The molecule has 0 aliphatic heterocycles. The van der Waals surface area contributed by atoms with Gasteiger partial charge < -0.3 is 20.1 Å². The lowest BCUT2D eigenvalue weighted by molar-refractivity contribution is -0.0505. The standard InChI is InChI=1S/C18H27F2N3O2S/c1-4-26-15-8-6-13(9-15)23-18(21-2)22-11-12-5-7-14(24-3)10-16(12)25-17(19)20/h5,7,10,13,15,17H,4,6,8-9,11H2,1-3H3,(H2,21,22,23). The Morgan fingerprint density at radius 2 is 2.19 bits per heavy atom. The minimum Gasteiger partial charge on any atom is -0.497 e. The fraction of sp³-hybridized carbons (Fsp3) is 0.611. The first kappa shape index (κ1) is 20.6. The van der Waals surface area contributed by atoms with E-state index in [0.717, 1.165) is 18.6 Å². The summed E-state index contributed by atoms with van der Waals surface area (Å²) in [6.45, 7) is -0.379. The van der Waals surface area contributed by atoms with E-state index in [1.807, 2.05) is 11.8 Å². The third-order valence-corrected chi connectivity index (χ3v) is 5.52. The molecule has 0 aromatic heterocycles. The second-order valence-corrected chi connectivity index (χ2v) is 7.59. The molecule has 8 heteroatoms. The van der Waals surface area contributed by atoms with Gasteiger partial charge in [0.25, 0.3) is 0 Å². The number of rotatable bonds is 8. The quantitative estimate of drug-likeness (QED) is 0.527. The monoisotopic (exact) mass is 387 g/mol. The van der Waals surface area contributed by atoms with Crippen LogP contribution in [0.5, 0.6) is 11.5 Å². The Kier molecular flexibility index (Phi) is 8.28. The molecule has 1 fully saturated rings. The summed E-state index contributed by atoms with van der Waals surface area (Å²) in [4.78, 5) is 4.24. The molecular formula is C18H27F2N3O2S. The molecule has 2 atom stereocenters. The van der Waals surface area contributed by atoms with Crippen molar-refractivity contribution in [1.82, 2.24) is 10.6 Å². The van der Waals surface area contributed by atoms with E-state index in [9.17, 15) is 8.78 Å². The first-order chi connectivity index (χ1) is 12.5. The van der Waals surface area contributed by atoms with Crippen LogP contribution in [-0.4, -0.2) is 43.8 Å². The van der Waals surface area contributed by atoms with Crippen molar-refractivity contribution in [1.29, 1.82) is 0 Å². The number of guanidine groups is 1. The number of aliphatic imine (C=N–C) groups is 1. The topological polar surface area (TPSA) is 54.9 Å². The molecule has 1 aromatic carbocycles. The van der Waals surface area contributed by atoms with Gasteiger partial charge in [-0.3, -0.25) is 4.99 Å². The number of methoxy groups -OCH3 is 1. The molecule has 2 unspecified atom stereocenters. The van der Waals surface area contributed by atoms with Crippen LogP contribution in [0.25, 0.3) is 0 Å². The summed E-state index contributed by atoms with van der Waals surface area (Å²) in [6.07, 6.45) is 3.43. The number of nitrogens with one attached hydrogen (secondary N) is 2. The zero-order chi connectivity index (χ0) is 18.9. The number of alkyl halides is 2. The van der Waals surface area contributed by atoms with E-state index in [4.69, 9.17) is 4.74 Å². The molecule has 0 bridgehead atoms. The lowest BCUT2D eigenvalue weighted by Gasteiger charge is -2.18. The zero-order valence-electron chi connectivity index (χ0n) is 15.4. The molecule has 26 heavy (non-hydrogen) atoms. The predicted octanol–water partition coefficient (Wildman–Crippen LogP) is 3.64. The number of nitrogens with zero attached hydrogens (tertiary/aromatic N) is 1. The molecule has 1 aliphatic carbocycles. The summed E-state index contributed by atoms with van der Waals surface area (Å²) in [5.41, 5.74) is 0.611. The second-order valence-electron chi connectivity index (χ2n) is 6.01. The largest absolute Gasteiger partial charge is 0.497 e. The number of benzene rings is 1. The lowest BCUT2D eigenvalue weighted by Crippen LogP contribution is -2.42. The SMILES string of the molecule is CCSC1CCC(NC(=NC)NCc2ccc(OC)cc2OC(F)F)C1. The van der Waals surface area contributed by atoms with Crippen LogP contribution in [-0.2, 0) is 6.54 Å². The molecule has 2 rings (SSSR count). The molecule has 0 radical (unpaired) electrons. The maximum Gasteiger partial charge on any atom is 0.387 e. The first-order valence-electron chi connectivity index (χ1n) is 8.76. The van der Waals surface area contributed by atoms with Crippen LogP contribution in [0.3, 0.4) is 0 Å². The normalized spacial score (nSPS) is 20.3. The highest BCUT2D eigenvalue weighted by Crippen LogP contribution is 2.30. The van der Waals surface area contributed by atoms with E-state index < -0.39 is 6.61 Å². The summed E-state index contributed by atoms with van der Waals surface area (Å²) >= 11 is 2.00. The highest BCUT2D eigenvalue weighted by molar-refractivity contribution is 7.99. The summed E-state index contributed by atoms with van der Waals surface area (Å²) in [7, 11) is 3.18. The molecule has 146 valence electrons. The Labute approximate surface area is 157 Å². The van der Waals surface area contributed by atoms with Gasteiger partial charge in [0, 0.05) is 36.5 Å². The van der Waals surface area contributed by atoms with Crippen LogP contribution in [0, 0.1) is 0 Å². The Morgan fingerprint density at radius 3 is 2.85 bits per heavy atom. The van der Waals surface area contributed by atoms with E-state index in [-0.39, 0.29) is 5.75 Å². The number of hydrogen-bond acceptors (Lipinski definition) is 4. The molecule has 0 saturated heterocycles. The van der Waals surface area contributed by atoms with Crippen molar-refractivity contribution in [3.8, 4) is 11.5 Å². The van der Waals surface area contributed by atoms with Gasteiger partial charge in [0.1, 0.15) is 11.5 Å². The maximum absolute atomic E-state index is 12.6. The molecule has 1 saturated carbocycles. The minimum absolute atomic E-state index is 0.0996. The van der Waals surface area contributed by atoms with Gasteiger partial charge in [0.15, 0.2) is 5.96 Å². The Balaban J connectivity index is 1.93. The van der Waals surface area contributed by atoms with E-state index in [1.54, 1.807) is 19.2 Å². The first-order valence-corrected chi connectivity index (χ1v) is 9.81. The molecule has 0 spiro atoms. The van der Waals surface area contributed by atoms with E-state index in [1.165, 1.54) is 19.6 Å². The van der Waals surface area contributed by atoms with Crippen LogP contribution in [0.1, 0.15) is 31.7 Å². The molecule has 1 aromatic rings. The lowest BCUT2D eigenvalue weighted by atomic mass is 10.2. The van der Waals surface area contributed by atoms with Crippen molar-refractivity contribution in [3.63, 3.8) is 0 Å². The number of thioether (sulfide) groups is 1. The van der Waals surface area contributed by atoms with Gasteiger partial charge >= 0.3 is 6.61 Å². The van der Waals surface area contributed by atoms with Gasteiger partial charge in [0.2, 0.25) is 0 Å². The molecule has 2 N–H and O–H groups in total. The Bertz CT molecular complexity index is 602. The van der Waals surface area contributed by atoms with Crippen molar-refractivity contribution in [3.05, 3.63) is 23.8 Å². The fourth-order valence-corrected chi connectivity index (χ4v) is 4.18. The van der Waals surface area contributed by atoms with Crippen molar-refractivity contribution in [2.75, 3.05) is 19.9 Å². The second kappa shape index (κ2) is 10.4. The summed E-state index contributed by atoms with van der Waals surface area (Å²) in [5, 5.41) is 7.29. The van der Waals surface area contributed by atoms with Gasteiger partial charge in [-0.15, -0.1) is 0 Å². The summed E-state index contributed by atoms with van der Waals surface area (Å²) < 4.78 is 35.0. The van der Waals surface area contributed by atoms with E-state index in [2.05, 4.69) is 27.3 Å². The van der Waals surface area contributed by atoms with Crippen molar-refractivity contribution in [2.24, 2.45) is 4.99 Å². The average Bonchev–Trinajstić information content (AvgIpc) is 3.06. The highest BCUT2D eigenvalue weighted by Gasteiger charge is 2.25. The molecule has 0 heterocycles. The summed E-state index contributed by atoms with van der Waals surface area (Å²) in [6, 6.07) is 5.27. The van der Waals surface area contributed by atoms with Crippen LogP contribution in [0.4, 0.5) is 8.78 Å². The van der Waals surface area contributed by atoms with Crippen LogP contribution in [0.2, 0.25) is 0 Å². The van der Waals surface area contributed by atoms with Crippen molar-refractivity contribution in [2.45, 2.75) is 50.6 Å². The fourth-order valence-electron chi connectivity index (χ4n) is 3.04. The van der Waals surface area contributed by atoms with Gasteiger partial charge in [-0.1, -0.05) is 6.92 Å². The predicted molar refractivity (Wildman–Crippen MR) is 103 cm³/mol. The average molecular weight is 387 g/mol. The minimum atomic E-state index is -2.88. The molecule has 5 nitrogen and oxygen atoms in total. The number of hydrogen-bond donors (Lipinski definition) is 2. The summed E-state index contributed by atoms with van der Waals surface area (Å²) in [5.74, 6) is 2.37. The van der Waals surface area contributed by atoms with Gasteiger partial charge in [0.05, 0.1) is 7.11 Å². The van der Waals surface area contributed by atoms with E-state index >= 15 is 0 Å². The third-order valence-electron chi connectivity index (χ3n) is 4.29. The van der Waals surface area contributed by atoms with Gasteiger partial charge in [-0.05, 0) is 37.1 Å². The molecule has 1 aliphatic rings. The molecular weight excluding hydrogens is 360 g/mol. The highest BCUT2D eigenvalue weighted by atomic mass is 32.2. The smallest absolute Gasteiger partial charge is 0.387 e. The Hall–Kier alpha value is -1.70. The maximum atomic E-state index is 12.6. The van der Waals surface area contributed by atoms with Crippen molar-refractivity contribution < 1.29 is 18.3 Å². The van der Waals surface area contributed by atoms with E-state index in [0.29, 0.717) is 35.1 Å². The van der Waals surface area contributed by atoms with Crippen LogP contribution >= 0.6 is 11.8 Å². The number of halogens is 2. The van der Waals surface area contributed by atoms with Gasteiger partial charge in [-0.2, -0.15) is 20.5 Å². The third kappa shape index (κ3) is 6.23.